The number of likely N-dealkylation sites (tertiary alicyclic amines) is 2. The molecule has 3 rings (SSSR count). The summed E-state index contributed by atoms with van der Waals surface area (Å²) in [5.74, 6) is -0.0535. The van der Waals surface area contributed by atoms with Crippen molar-refractivity contribution in [1.29, 1.82) is 0 Å². The molecule has 1 atom stereocenters. The minimum absolute atomic E-state index is 0.0196. The molecule has 0 radical (unpaired) electrons. The summed E-state index contributed by atoms with van der Waals surface area (Å²) in [5, 5.41) is 9.62. The number of benzene rings is 1. The third kappa shape index (κ3) is 2.98. The molecule has 5 nitrogen and oxygen atoms in total. The second-order valence-electron chi connectivity index (χ2n) is 6.72. The van der Waals surface area contributed by atoms with Crippen LogP contribution in [0, 0.1) is 0 Å². The normalized spacial score (nSPS) is 25.7. The Kier molecular flexibility index (Phi) is 4.39. The molecule has 5 heteroatoms. The lowest BCUT2D eigenvalue weighted by Gasteiger charge is -2.40. The van der Waals surface area contributed by atoms with Crippen molar-refractivity contribution in [2.45, 2.75) is 44.2 Å². The van der Waals surface area contributed by atoms with Crippen LogP contribution in [0.25, 0.3) is 0 Å². The summed E-state index contributed by atoms with van der Waals surface area (Å²) in [6.45, 7) is 3.65. The first kappa shape index (κ1) is 16.0. The maximum absolute atomic E-state index is 13.0. The van der Waals surface area contributed by atoms with Crippen molar-refractivity contribution in [3.8, 4) is 0 Å². The summed E-state index contributed by atoms with van der Waals surface area (Å²) in [4.78, 5) is 29.4. The minimum atomic E-state index is -0.769. The molecule has 23 heavy (non-hydrogen) atoms. The highest BCUT2D eigenvalue weighted by molar-refractivity contribution is 5.99. The van der Waals surface area contributed by atoms with Crippen molar-refractivity contribution in [2.75, 3.05) is 19.6 Å². The molecule has 1 unspecified atom stereocenters. The molecule has 2 aliphatic rings. The van der Waals surface area contributed by atoms with Crippen LogP contribution in [-0.2, 0) is 4.79 Å². The van der Waals surface area contributed by atoms with E-state index in [0.29, 0.717) is 44.5 Å². The van der Waals surface area contributed by atoms with Crippen LogP contribution < -0.4 is 0 Å². The molecule has 1 aromatic carbocycles. The van der Waals surface area contributed by atoms with Crippen molar-refractivity contribution in [3.05, 3.63) is 35.9 Å². The van der Waals surface area contributed by atoms with Gasteiger partial charge in [0.2, 0.25) is 5.91 Å². The van der Waals surface area contributed by atoms with Crippen molar-refractivity contribution in [3.63, 3.8) is 0 Å². The van der Waals surface area contributed by atoms with Crippen LogP contribution in [0.1, 0.15) is 43.0 Å². The summed E-state index contributed by atoms with van der Waals surface area (Å²) in [6.07, 6.45) is 2.47. The van der Waals surface area contributed by atoms with Gasteiger partial charge in [-0.2, -0.15) is 0 Å². The Morgan fingerprint density at radius 2 is 1.78 bits per heavy atom. The second-order valence-corrected chi connectivity index (χ2v) is 6.72. The number of hydrogen-bond acceptors (Lipinski definition) is 3. The number of aliphatic hydroxyl groups is 1. The molecular weight excluding hydrogens is 292 g/mol. The lowest BCUT2D eigenvalue weighted by atomic mass is 9.94. The molecule has 2 heterocycles. The Bertz CT molecular complexity index is 581. The molecule has 0 aromatic heterocycles. The maximum atomic E-state index is 13.0. The van der Waals surface area contributed by atoms with Gasteiger partial charge >= 0.3 is 0 Å². The van der Waals surface area contributed by atoms with Crippen LogP contribution in [0.4, 0.5) is 0 Å². The molecular formula is C18H24N2O3. The summed E-state index contributed by atoms with van der Waals surface area (Å²) in [7, 11) is 0. The van der Waals surface area contributed by atoms with E-state index in [4.69, 9.17) is 0 Å². The van der Waals surface area contributed by atoms with E-state index in [1.807, 2.05) is 30.0 Å². The van der Waals surface area contributed by atoms with Gasteiger partial charge in [-0.15, -0.1) is 0 Å². The predicted molar refractivity (Wildman–Crippen MR) is 86.9 cm³/mol. The maximum Gasteiger partial charge on any atom is 0.254 e. The van der Waals surface area contributed by atoms with Crippen LogP contribution in [-0.4, -0.2) is 58.0 Å². The number of aliphatic hydroxyl groups excluding tert-OH is 1. The van der Waals surface area contributed by atoms with E-state index in [1.54, 1.807) is 17.0 Å². The summed E-state index contributed by atoms with van der Waals surface area (Å²) in [5.41, 5.74) is -0.141. The molecule has 2 amide bonds. The van der Waals surface area contributed by atoms with E-state index in [9.17, 15) is 14.7 Å². The zero-order chi connectivity index (χ0) is 16.4. The van der Waals surface area contributed by atoms with Gasteiger partial charge < -0.3 is 14.9 Å². The van der Waals surface area contributed by atoms with Gasteiger partial charge in [0.25, 0.3) is 5.91 Å². The summed E-state index contributed by atoms with van der Waals surface area (Å²) >= 11 is 0. The Balaban J connectivity index is 1.79. The summed E-state index contributed by atoms with van der Waals surface area (Å²) < 4.78 is 0. The third-order valence-electron chi connectivity index (χ3n) is 5.12. The van der Waals surface area contributed by atoms with Gasteiger partial charge in [-0.25, -0.2) is 0 Å². The van der Waals surface area contributed by atoms with Gasteiger partial charge in [0, 0.05) is 25.2 Å². The lowest BCUT2D eigenvalue weighted by Crippen LogP contribution is -2.58. The first-order valence-corrected chi connectivity index (χ1v) is 8.37. The highest BCUT2D eigenvalue weighted by Gasteiger charge is 2.48. The number of rotatable bonds is 2. The van der Waals surface area contributed by atoms with E-state index in [0.717, 1.165) is 6.42 Å². The predicted octanol–water partition coefficient (Wildman–Crippen LogP) is 1.66. The monoisotopic (exact) mass is 316 g/mol. The van der Waals surface area contributed by atoms with Crippen molar-refractivity contribution in [2.24, 2.45) is 0 Å². The van der Waals surface area contributed by atoms with E-state index in [2.05, 4.69) is 0 Å². The zero-order valence-electron chi connectivity index (χ0n) is 13.6. The fourth-order valence-corrected chi connectivity index (χ4v) is 3.66. The van der Waals surface area contributed by atoms with E-state index >= 15 is 0 Å². The minimum Gasteiger partial charge on any atom is -0.393 e. The smallest absolute Gasteiger partial charge is 0.254 e. The van der Waals surface area contributed by atoms with Crippen molar-refractivity contribution in [1.82, 2.24) is 9.80 Å². The molecule has 1 aromatic rings. The highest BCUT2D eigenvalue weighted by atomic mass is 16.3. The highest BCUT2D eigenvalue weighted by Crippen LogP contribution is 2.33. The molecule has 0 bridgehead atoms. The Labute approximate surface area is 136 Å². The number of piperidine rings is 1. The number of carbonyl (C=O) groups excluding carboxylic acids is 2. The molecule has 0 spiro atoms. The number of nitrogens with zero attached hydrogens (tertiary/aromatic N) is 2. The first-order chi connectivity index (χ1) is 11.0. The van der Waals surface area contributed by atoms with Crippen molar-refractivity contribution < 1.29 is 14.7 Å². The van der Waals surface area contributed by atoms with Gasteiger partial charge in [-0.1, -0.05) is 18.2 Å². The molecule has 2 saturated heterocycles. The van der Waals surface area contributed by atoms with Gasteiger partial charge in [0.05, 0.1) is 6.10 Å². The molecule has 0 saturated carbocycles. The van der Waals surface area contributed by atoms with E-state index in [-0.39, 0.29) is 17.9 Å². The van der Waals surface area contributed by atoms with E-state index in [1.165, 1.54) is 0 Å². The Morgan fingerprint density at radius 1 is 1.13 bits per heavy atom. The van der Waals surface area contributed by atoms with Gasteiger partial charge in [-0.05, 0) is 44.7 Å². The SMILES string of the molecule is CC1(C(=O)N2CCC(O)CC2)CCCN1C(=O)c1ccccc1. The van der Waals surface area contributed by atoms with Crippen LogP contribution in [0.2, 0.25) is 0 Å². The second kappa shape index (κ2) is 6.32. The topological polar surface area (TPSA) is 60.9 Å². The van der Waals surface area contributed by atoms with E-state index < -0.39 is 5.54 Å². The quantitative estimate of drug-likeness (QED) is 0.903. The Hall–Kier alpha value is -1.88. The zero-order valence-corrected chi connectivity index (χ0v) is 13.6. The van der Waals surface area contributed by atoms with Gasteiger partial charge in [0.15, 0.2) is 0 Å². The molecule has 2 aliphatic heterocycles. The average Bonchev–Trinajstić information content (AvgIpc) is 2.98. The third-order valence-corrected chi connectivity index (χ3v) is 5.12. The number of carbonyl (C=O) groups is 2. The van der Waals surface area contributed by atoms with Crippen molar-refractivity contribution >= 4 is 11.8 Å². The van der Waals surface area contributed by atoms with Crippen LogP contribution >= 0.6 is 0 Å². The average molecular weight is 316 g/mol. The summed E-state index contributed by atoms with van der Waals surface area (Å²) in [6, 6.07) is 9.15. The van der Waals surface area contributed by atoms with Crippen LogP contribution in [0.5, 0.6) is 0 Å². The molecule has 2 fully saturated rings. The van der Waals surface area contributed by atoms with Crippen LogP contribution in [0.15, 0.2) is 30.3 Å². The van der Waals surface area contributed by atoms with Gasteiger partial charge in [0.1, 0.15) is 5.54 Å². The van der Waals surface area contributed by atoms with Crippen LogP contribution in [0.3, 0.4) is 0 Å². The lowest BCUT2D eigenvalue weighted by molar-refractivity contribution is -0.142. The standard InChI is InChI=1S/C18H24N2O3/c1-18(17(23)19-12-8-15(21)9-13-19)10-5-11-20(18)16(22)14-6-3-2-4-7-14/h2-4,6-7,15,21H,5,8-13H2,1H3. The first-order valence-electron chi connectivity index (χ1n) is 8.37. The fraction of sp³-hybridized carbons (Fsp3) is 0.556. The number of hydrogen-bond donors (Lipinski definition) is 1. The number of amides is 2. The fourth-order valence-electron chi connectivity index (χ4n) is 3.66. The largest absolute Gasteiger partial charge is 0.393 e. The molecule has 1 N–H and O–H groups in total. The van der Waals surface area contributed by atoms with Gasteiger partial charge in [-0.3, -0.25) is 9.59 Å². The molecule has 124 valence electrons. The molecule has 0 aliphatic carbocycles. The Morgan fingerprint density at radius 3 is 2.43 bits per heavy atom.